The summed E-state index contributed by atoms with van der Waals surface area (Å²) in [5.41, 5.74) is 4.07. The molecule has 0 aliphatic carbocycles. The number of hydrogen-bond acceptors (Lipinski definition) is 0. The molecule has 0 aliphatic rings. The van der Waals surface area contributed by atoms with Crippen molar-refractivity contribution in [3.8, 4) is 0 Å². The third-order valence-electron chi connectivity index (χ3n) is 4.40. The van der Waals surface area contributed by atoms with Crippen LogP contribution in [0.15, 0.2) is 91.0 Å². The fourth-order valence-corrected chi connectivity index (χ4v) is 3.37. The number of nitrogens with zero attached hydrogens (tertiary/aromatic N) is 1. The second-order valence-corrected chi connectivity index (χ2v) is 6.01. The van der Waals surface area contributed by atoms with E-state index in [-0.39, 0.29) is 0 Å². The first kappa shape index (κ1) is 15.5. The molecular formula is C22H24N+. The van der Waals surface area contributed by atoms with E-state index < -0.39 is 0 Å². The summed E-state index contributed by atoms with van der Waals surface area (Å²) in [6, 6.07) is 32.6. The summed E-state index contributed by atoms with van der Waals surface area (Å²) in [6.45, 7) is 4.33. The van der Waals surface area contributed by atoms with Crippen LogP contribution in [0.1, 0.15) is 18.9 Å². The van der Waals surface area contributed by atoms with Crippen molar-refractivity contribution in [3.63, 3.8) is 0 Å². The summed E-state index contributed by atoms with van der Waals surface area (Å²) >= 11 is 0. The summed E-state index contributed by atoms with van der Waals surface area (Å²) in [7, 11) is 0. The van der Waals surface area contributed by atoms with E-state index in [0.29, 0.717) is 0 Å². The van der Waals surface area contributed by atoms with Gasteiger partial charge in [0.05, 0.1) is 6.54 Å². The predicted octanol–water partition coefficient (Wildman–Crippen LogP) is 5.94. The lowest BCUT2D eigenvalue weighted by Crippen LogP contribution is -2.44. The van der Waals surface area contributed by atoms with Crippen LogP contribution in [0.25, 0.3) is 0 Å². The highest BCUT2D eigenvalue weighted by molar-refractivity contribution is 5.58. The Bertz CT molecular complexity index is 665. The average molecular weight is 302 g/mol. The van der Waals surface area contributed by atoms with Gasteiger partial charge >= 0.3 is 0 Å². The normalized spacial score (nSPS) is 11.3. The largest absolute Gasteiger partial charge is 0.255 e. The molecule has 1 nitrogen and oxygen atoms in total. The molecule has 0 aromatic heterocycles. The van der Waals surface area contributed by atoms with Crippen molar-refractivity contribution in [1.29, 1.82) is 0 Å². The highest BCUT2D eigenvalue weighted by Gasteiger charge is 2.32. The summed E-state index contributed by atoms with van der Waals surface area (Å²) in [6.07, 6.45) is 1.14. The second-order valence-electron chi connectivity index (χ2n) is 6.01. The maximum atomic E-state index is 2.27. The minimum Gasteiger partial charge on any atom is -0.255 e. The monoisotopic (exact) mass is 302 g/mol. The molecule has 3 rings (SSSR count). The van der Waals surface area contributed by atoms with E-state index in [2.05, 4.69) is 97.9 Å². The van der Waals surface area contributed by atoms with Crippen molar-refractivity contribution in [2.45, 2.75) is 19.9 Å². The number of para-hydroxylation sites is 2. The van der Waals surface area contributed by atoms with Gasteiger partial charge in [0.2, 0.25) is 0 Å². The Balaban J connectivity index is 2.14. The Morgan fingerprint density at radius 3 is 1.48 bits per heavy atom. The topological polar surface area (TPSA) is 0 Å². The van der Waals surface area contributed by atoms with Crippen LogP contribution in [0, 0.1) is 0 Å². The molecule has 0 heterocycles. The molecule has 3 aromatic carbocycles. The Morgan fingerprint density at radius 1 is 0.609 bits per heavy atom. The van der Waals surface area contributed by atoms with Crippen LogP contribution in [-0.2, 0) is 6.54 Å². The van der Waals surface area contributed by atoms with Crippen molar-refractivity contribution >= 4 is 11.4 Å². The van der Waals surface area contributed by atoms with Crippen LogP contribution >= 0.6 is 0 Å². The summed E-state index contributed by atoms with van der Waals surface area (Å²) in [4.78, 5) is 0. The zero-order valence-electron chi connectivity index (χ0n) is 13.7. The van der Waals surface area contributed by atoms with E-state index in [1.54, 1.807) is 0 Å². The van der Waals surface area contributed by atoms with Gasteiger partial charge in [-0.15, -0.1) is 0 Å². The third-order valence-corrected chi connectivity index (χ3v) is 4.40. The van der Waals surface area contributed by atoms with Gasteiger partial charge in [0.25, 0.3) is 0 Å². The van der Waals surface area contributed by atoms with Crippen LogP contribution in [0.4, 0.5) is 11.4 Å². The number of benzene rings is 3. The number of quaternary nitrogens is 1. The quantitative estimate of drug-likeness (QED) is 0.495. The van der Waals surface area contributed by atoms with Crippen LogP contribution < -0.4 is 4.48 Å². The van der Waals surface area contributed by atoms with Crippen molar-refractivity contribution in [3.05, 3.63) is 96.6 Å². The van der Waals surface area contributed by atoms with Gasteiger partial charge in [-0.3, -0.25) is 4.48 Å². The summed E-state index contributed by atoms with van der Waals surface area (Å²) < 4.78 is 0.863. The molecule has 0 N–H and O–H groups in total. The molecule has 0 amide bonds. The van der Waals surface area contributed by atoms with E-state index in [9.17, 15) is 0 Å². The molecule has 0 fully saturated rings. The first-order valence-corrected chi connectivity index (χ1v) is 8.37. The maximum Gasteiger partial charge on any atom is 0.138 e. The molecule has 0 spiro atoms. The minimum absolute atomic E-state index is 0.863. The Hall–Kier alpha value is -2.38. The lowest BCUT2D eigenvalue weighted by molar-refractivity contribution is 0.373. The van der Waals surface area contributed by atoms with Crippen molar-refractivity contribution in [2.75, 3.05) is 6.54 Å². The van der Waals surface area contributed by atoms with Gasteiger partial charge in [0, 0.05) is 5.56 Å². The zero-order chi connectivity index (χ0) is 16.0. The van der Waals surface area contributed by atoms with E-state index in [1.807, 2.05) is 0 Å². The predicted molar refractivity (Wildman–Crippen MR) is 99.6 cm³/mol. The molecule has 3 aromatic rings. The van der Waals surface area contributed by atoms with Gasteiger partial charge in [-0.25, -0.2) is 0 Å². The highest BCUT2D eigenvalue weighted by Crippen LogP contribution is 2.37. The molecule has 0 saturated carbocycles. The third kappa shape index (κ3) is 3.35. The number of rotatable bonds is 6. The molecule has 23 heavy (non-hydrogen) atoms. The first-order chi connectivity index (χ1) is 11.3. The van der Waals surface area contributed by atoms with Crippen molar-refractivity contribution in [1.82, 2.24) is 4.48 Å². The van der Waals surface area contributed by atoms with Crippen LogP contribution in [0.3, 0.4) is 0 Å². The molecule has 0 atom stereocenters. The first-order valence-electron chi connectivity index (χ1n) is 8.37. The fraction of sp³-hybridized carbons (Fsp3) is 0.182. The molecule has 116 valence electrons. The van der Waals surface area contributed by atoms with Gasteiger partial charge < -0.3 is 0 Å². The Kier molecular flexibility index (Phi) is 4.89. The summed E-state index contributed by atoms with van der Waals surface area (Å²) in [5, 5.41) is 0. The molecule has 1 heteroatoms. The van der Waals surface area contributed by atoms with E-state index in [4.69, 9.17) is 0 Å². The van der Waals surface area contributed by atoms with Gasteiger partial charge in [-0.2, -0.15) is 0 Å². The Morgan fingerprint density at radius 2 is 1.04 bits per heavy atom. The number of hydrogen-bond donors (Lipinski definition) is 0. The molecule has 0 aliphatic heterocycles. The van der Waals surface area contributed by atoms with Crippen molar-refractivity contribution in [2.24, 2.45) is 0 Å². The van der Waals surface area contributed by atoms with Crippen molar-refractivity contribution < 1.29 is 0 Å². The standard InChI is InChI=1S/C22H24N/c1-2-18-23(21-14-8-4-9-15-21,22-16-10-5-11-17-22)19-20-12-6-3-7-13-20/h3-17H,2,18-19H2,1H3/q+1. The van der Waals surface area contributed by atoms with Crippen LogP contribution in [0.2, 0.25) is 0 Å². The smallest absolute Gasteiger partial charge is 0.138 e. The van der Waals surface area contributed by atoms with E-state index in [0.717, 1.165) is 24.0 Å². The highest BCUT2D eigenvalue weighted by atomic mass is 15.4. The average Bonchev–Trinajstić information content (AvgIpc) is 2.64. The van der Waals surface area contributed by atoms with Gasteiger partial charge in [-0.05, 0) is 30.7 Å². The molecule has 0 saturated heterocycles. The molecule has 0 unspecified atom stereocenters. The molecular weight excluding hydrogens is 278 g/mol. The second kappa shape index (κ2) is 7.26. The van der Waals surface area contributed by atoms with Gasteiger partial charge in [0.1, 0.15) is 17.9 Å². The summed E-state index contributed by atoms with van der Waals surface area (Å²) in [5.74, 6) is 0. The lowest BCUT2D eigenvalue weighted by atomic mass is 10.1. The Labute approximate surface area is 139 Å². The lowest BCUT2D eigenvalue weighted by Gasteiger charge is -2.38. The van der Waals surface area contributed by atoms with Gasteiger partial charge in [-0.1, -0.05) is 73.7 Å². The maximum absolute atomic E-state index is 2.27. The van der Waals surface area contributed by atoms with E-state index in [1.165, 1.54) is 16.9 Å². The molecule has 0 radical (unpaired) electrons. The minimum atomic E-state index is 0.863. The fourth-order valence-electron chi connectivity index (χ4n) is 3.37. The molecule has 0 bridgehead atoms. The van der Waals surface area contributed by atoms with Crippen LogP contribution in [0.5, 0.6) is 0 Å². The zero-order valence-corrected chi connectivity index (χ0v) is 13.7. The van der Waals surface area contributed by atoms with Crippen LogP contribution in [-0.4, -0.2) is 6.54 Å². The van der Waals surface area contributed by atoms with E-state index >= 15 is 0 Å². The SMILES string of the molecule is CCC[N+](Cc1ccccc1)(c1ccccc1)c1ccccc1. The van der Waals surface area contributed by atoms with Gasteiger partial charge in [0.15, 0.2) is 0 Å².